The standard InChI is InChI=1S/C18H28N2O.ClH/c19-17-11-7-6-10-16(17)12-13-18(21)20-14-15-8-4-2-1-3-5-9-15;/h6-7,10-11,15H,1-5,8-9,12-14,19H2,(H,20,21);1H. The maximum atomic E-state index is 12.0. The summed E-state index contributed by atoms with van der Waals surface area (Å²) in [5.41, 5.74) is 7.75. The number of benzene rings is 1. The molecule has 1 saturated carbocycles. The minimum Gasteiger partial charge on any atom is -0.399 e. The summed E-state index contributed by atoms with van der Waals surface area (Å²) in [6.45, 7) is 0.850. The van der Waals surface area contributed by atoms with E-state index in [9.17, 15) is 4.79 Å². The Morgan fingerprint density at radius 1 is 1.09 bits per heavy atom. The lowest BCUT2D eigenvalue weighted by Crippen LogP contribution is -2.29. The molecule has 1 aromatic rings. The monoisotopic (exact) mass is 324 g/mol. The Labute approximate surface area is 140 Å². The van der Waals surface area contributed by atoms with Crippen LogP contribution in [-0.2, 0) is 11.2 Å². The van der Waals surface area contributed by atoms with Gasteiger partial charge in [-0.3, -0.25) is 4.79 Å². The van der Waals surface area contributed by atoms with Gasteiger partial charge < -0.3 is 11.1 Å². The molecule has 0 unspecified atom stereocenters. The van der Waals surface area contributed by atoms with Crippen molar-refractivity contribution in [3.05, 3.63) is 29.8 Å². The Hall–Kier alpha value is -1.22. The predicted molar refractivity (Wildman–Crippen MR) is 95.2 cm³/mol. The van der Waals surface area contributed by atoms with E-state index in [0.717, 1.165) is 24.2 Å². The highest BCUT2D eigenvalue weighted by atomic mass is 35.5. The van der Waals surface area contributed by atoms with Crippen molar-refractivity contribution in [2.45, 2.75) is 57.8 Å². The van der Waals surface area contributed by atoms with Crippen molar-refractivity contribution in [1.29, 1.82) is 0 Å². The van der Waals surface area contributed by atoms with Crippen molar-refractivity contribution in [2.24, 2.45) is 5.92 Å². The maximum Gasteiger partial charge on any atom is 0.220 e. The highest BCUT2D eigenvalue weighted by Gasteiger charge is 2.12. The molecule has 0 radical (unpaired) electrons. The van der Waals surface area contributed by atoms with Gasteiger partial charge >= 0.3 is 0 Å². The number of nitrogen functional groups attached to an aromatic ring is 1. The van der Waals surface area contributed by atoms with E-state index >= 15 is 0 Å². The minimum atomic E-state index is 0. The number of hydrogen-bond donors (Lipinski definition) is 2. The fourth-order valence-corrected chi connectivity index (χ4v) is 3.10. The summed E-state index contributed by atoms with van der Waals surface area (Å²) in [7, 11) is 0. The summed E-state index contributed by atoms with van der Waals surface area (Å²) in [4.78, 5) is 12.0. The van der Waals surface area contributed by atoms with E-state index in [0.29, 0.717) is 12.3 Å². The highest BCUT2D eigenvalue weighted by molar-refractivity contribution is 5.85. The number of nitrogens with one attached hydrogen (secondary N) is 1. The zero-order chi connectivity index (χ0) is 14.9. The number of carbonyl (C=O) groups is 1. The Bertz CT molecular complexity index is 442. The second-order valence-electron chi connectivity index (χ2n) is 6.21. The molecule has 0 saturated heterocycles. The molecular weight excluding hydrogens is 296 g/mol. The number of carbonyl (C=O) groups excluding carboxylic acids is 1. The molecular formula is C18H29ClN2O. The summed E-state index contributed by atoms with van der Waals surface area (Å²) >= 11 is 0. The zero-order valence-corrected chi connectivity index (χ0v) is 14.2. The van der Waals surface area contributed by atoms with Crippen LogP contribution in [0.15, 0.2) is 24.3 Å². The number of anilines is 1. The third-order valence-corrected chi connectivity index (χ3v) is 4.49. The first-order valence-electron chi connectivity index (χ1n) is 8.36. The largest absolute Gasteiger partial charge is 0.399 e. The third kappa shape index (κ3) is 6.69. The van der Waals surface area contributed by atoms with Crippen molar-refractivity contribution >= 4 is 24.0 Å². The van der Waals surface area contributed by atoms with Gasteiger partial charge in [0.2, 0.25) is 5.91 Å². The van der Waals surface area contributed by atoms with E-state index < -0.39 is 0 Å². The Kier molecular flexibility index (Phi) is 8.98. The minimum absolute atomic E-state index is 0. The van der Waals surface area contributed by atoms with E-state index in [4.69, 9.17) is 5.73 Å². The fraction of sp³-hybridized carbons (Fsp3) is 0.611. The molecule has 3 nitrogen and oxygen atoms in total. The van der Waals surface area contributed by atoms with Gasteiger partial charge in [-0.05, 0) is 36.8 Å². The van der Waals surface area contributed by atoms with E-state index in [1.165, 1.54) is 44.9 Å². The lowest BCUT2D eigenvalue weighted by molar-refractivity contribution is -0.121. The summed E-state index contributed by atoms with van der Waals surface area (Å²) in [5.74, 6) is 0.830. The van der Waals surface area contributed by atoms with Crippen LogP contribution in [0.25, 0.3) is 0 Å². The van der Waals surface area contributed by atoms with Gasteiger partial charge in [0.15, 0.2) is 0 Å². The van der Waals surface area contributed by atoms with Gasteiger partial charge in [-0.25, -0.2) is 0 Å². The normalized spacial score (nSPS) is 16.2. The van der Waals surface area contributed by atoms with Crippen LogP contribution in [0.3, 0.4) is 0 Å². The van der Waals surface area contributed by atoms with Gasteiger partial charge in [0.1, 0.15) is 0 Å². The molecule has 0 bridgehead atoms. The molecule has 0 spiro atoms. The summed E-state index contributed by atoms with van der Waals surface area (Å²) in [5, 5.41) is 3.11. The molecule has 1 amide bonds. The van der Waals surface area contributed by atoms with Gasteiger partial charge in [-0.15, -0.1) is 12.4 Å². The molecule has 1 fully saturated rings. The Balaban J connectivity index is 0.00000242. The average Bonchev–Trinajstić information content (AvgIpc) is 2.45. The first-order chi connectivity index (χ1) is 10.3. The molecule has 0 aromatic heterocycles. The van der Waals surface area contributed by atoms with Crippen LogP contribution < -0.4 is 11.1 Å². The molecule has 2 rings (SSSR count). The van der Waals surface area contributed by atoms with Gasteiger partial charge in [-0.2, -0.15) is 0 Å². The van der Waals surface area contributed by atoms with Gasteiger partial charge in [0, 0.05) is 18.7 Å². The van der Waals surface area contributed by atoms with Crippen LogP contribution in [0.4, 0.5) is 5.69 Å². The molecule has 124 valence electrons. The topological polar surface area (TPSA) is 55.1 Å². The van der Waals surface area contributed by atoms with Crippen LogP contribution >= 0.6 is 12.4 Å². The lowest BCUT2D eigenvalue weighted by Gasteiger charge is -2.20. The van der Waals surface area contributed by atoms with E-state index in [-0.39, 0.29) is 18.3 Å². The zero-order valence-electron chi connectivity index (χ0n) is 13.4. The van der Waals surface area contributed by atoms with Crippen LogP contribution in [0.5, 0.6) is 0 Å². The van der Waals surface area contributed by atoms with Crippen molar-refractivity contribution < 1.29 is 4.79 Å². The third-order valence-electron chi connectivity index (χ3n) is 4.49. The second-order valence-corrected chi connectivity index (χ2v) is 6.21. The average molecular weight is 325 g/mol. The number of aryl methyl sites for hydroxylation is 1. The number of para-hydroxylation sites is 1. The predicted octanol–water partition coefficient (Wildman–Crippen LogP) is 4.10. The first-order valence-corrected chi connectivity index (χ1v) is 8.36. The SMILES string of the molecule is Cl.Nc1ccccc1CCC(=O)NCC1CCCCCCC1. The number of nitrogens with two attached hydrogens (primary N) is 1. The lowest BCUT2D eigenvalue weighted by atomic mass is 9.91. The molecule has 0 atom stereocenters. The molecule has 0 aliphatic heterocycles. The smallest absolute Gasteiger partial charge is 0.220 e. The fourth-order valence-electron chi connectivity index (χ4n) is 3.10. The van der Waals surface area contributed by atoms with Crippen LogP contribution in [0.2, 0.25) is 0 Å². The summed E-state index contributed by atoms with van der Waals surface area (Å²) in [6.07, 6.45) is 10.5. The van der Waals surface area contributed by atoms with Crippen molar-refractivity contribution in [1.82, 2.24) is 5.32 Å². The number of rotatable bonds is 5. The van der Waals surface area contributed by atoms with E-state index in [1.807, 2.05) is 24.3 Å². The Morgan fingerprint density at radius 3 is 2.41 bits per heavy atom. The maximum absolute atomic E-state index is 12.0. The van der Waals surface area contributed by atoms with Gasteiger partial charge in [0.25, 0.3) is 0 Å². The van der Waals surface area contributed by atoms with Crippen LogP contribution in [0, 0.1) is 5.92 Å². The van der Waals surface area contributed by atoms with Crippen molar-refractivity contribution in [3.63, 3.8) is 0 Å². The highest BCUT2D eigenvalue weighted by Crippen LogP contribution is 2.21. The number of amides is 1. The second kappa shape index (κ2) is 10.5. The quantitative estimate of drug-likeness (QED) is 0.801. The summed E-state index contributed by atoms with van der Waals surface area (Å²) in [6, 6.07) is 7.78. The number of halogens is 1. The molecule has 22 heavy (non-hydrogen) atoms. The van der Waals surface area contributed by atoms with Crippen molar-refractivity contribution in [3.8, 4) is 0 Å². The first kappa shape index (κ1) is 18.8. The number of hydrogen-bond acceptors (Lipinski definition) is 2. The molecule has 4 heteroatoms. The molecule has 1 aliphatic carbocycles. The molecule has 0 heterocycles. The van der Waals surface area contributed by atoms with Gasteiger partial charge in [0.05, 0.1) is 0 Å². The van der Waals surface area contributed by atoms with Crippen molar-refractivity contribution in [2.75, 3.05) is 12.3 Å². The van der Waals surface area contributed by atoms with E-state index in [1.54, 1.807) is 0 Å². The van der Waals surface area contributed by atoms with Crippen LogP contribution in [0.1, 0.15) is 56.9 Å². The molecule has 1 aromatic carbocycles. The van der Waals surface area contributed by atoms with E-state index in [2.05, 4.69) is 5.32 Å². The van der Waals surface area contributed by atoms with Crippen LogP contribution in [-0.4, -0.2) is 12.5 Å². The molecule has 1 aliphatic rings. The summed E-state index contributed by atoms with van der Waals surface area (Å²) < 4.78 is 0. The molecule has 3 N–H and O–H groups in total. The van der Waals surface area contributed by atoms with Gasteiger partial charge in [-0.1, -0.05) is 50.3 Å². The Morgan fingerprint density at radius 2 is 1.73 bits per heavy atom.